The first-order valence-corrected chi connectivity index (χ1v) is 11.5. The first-order chi connectivity index (χ1) is 16.9. The second kappa shape index (κ2) is 9.41. The van der Waals surface area contributed by atoms with Crippen molar-refractivity contribution >= 4 is 34.9 Å². The summed E-state index contributed by atoms with van der Waals surface area (Å²) in [7, 11) is 0. The minimum absolute atomic E-state index is 0.0311. The van der Waals surface area contributed by atoms with Crippen LogP contribution in [0.2, 0.25) is 0 Å². The zero-order chi connectivity index (χ0) is 24.5. The Kier molecular flexibility index (Phi) is 6.16. The number of nitrogens with two attached hydrogens (primary N) is 1. The van der Waals surface area contributed by atoms with Crippen molar-refractivity contribution in [1.82, 2.24) is 34.4 Å². The molecule has 2 aliphatic rings. The average molecular weight is 482 g/mol. The minimum Gasteiger partial charge on any atom is -0.453 e. The van der Waals surface area contributed by atoms with Gasteiger partial charge >= 0.3 is 5.97 Å². The Morgan fingerprint density at radius 1 is 1.14 bits per heavy atom. The summed E-state index contributed by atoms with van der Waals surface area (Å²) in [5.41, 5.74) is 8.27. The lowest BCUT2D eigenvalue weighted by Gasteiger charge is -2.27. The summed E-state index contributed by atoms with van der Waals surface area (Å²) in [6.07, 6.45) is 4.88. The fourth-order valence-electron chi connectivity index (χ4n) is 4.46. The normalized spacial score (nSPS) is 19.2. The lowest BCUT2D eigenvalue weighted by atomic mass is 10.2. The number of morpholine rings is 1. The van der Waals surface area contributed by atoms with E-state index in [-0.39, 0.29) is 17.9 Å². The monoisotopic (exact) mass is 481 g/mol. The van der Waals surface area contributed by atoms with Crippen molar-refractivity contribution < 1.29 is 19.1 Å². The number of carbonyl (C=O) groups excluding carboxylic acids is 2. The first-order valence-electron chi connectivity index (χ1n) is 11.5. The molecule has 0 aliphatic carbocycles. The van der Waals surface area contributed by atoms with E-state index < -0.39 is 12.1 Å². The van der Waals surface area contributed by atoms with E-state index in [9.17, 15) is 9.59 Å². The highest BCUT2D eigenvalue weighted by atomic mass is 16.5. The van der Waals surface area contributed by atoms with Crippen LogP contribution in [0.15, 0.2) is 18.7 Å². The van der Waals surface area contributed by atoms with Crippen molar-refractivity contribution in [2.24, 2.45) is 0 Å². The molecule has 0 saturated carbocycles. The molecular formula is C22H27N9O4. The van der Waals surface area contributed by atoms with Crippen LogP contribution in [0.3, 0.4) is 0 Å². The largest absolute Gasteiger partial charge is 0.453 e. The van der Waals surface area contributed by atoms with Crippen molar-refractivity contribution in [3.8, 4) is 11.3 Å². The van der Waals surface area contributed by atoms with Gasteiger partial charge in [-0.2, -0.15) is 4.98 Å². The van der Waals surface area contributed by atoms with Crippen molar-refractivity contribution in [3.63, 3.8) is 0 Å². The number of ether oxygens (including phenoxy) is 2. The maximum Gasteiger partial charge on any atom is 0.303 e. The number of amides is 1. The zero-order valence-electron chi connectivity index (χ0n) is 19.6. The number of esters is 1. The van der Waals surface area contributed by atoms with E-state index in [0.717, 1.165) is 6.42 Å². The van der Waals surface area contributed by atoms with Gasteiger partial charge in [0.25, 0.3) is 5.91 Å². The number of rotatable bonds is 5. The van der Waals surface area contributed by atoms with Crippen LogP contribution in [0.1, 0.15) is 26.3 Å². The Labute approximate surface area is 201 Å². The molecule has 35 heavy (non-hydrogen) atoms. The molecule has 2 atom stereocenters. The van der Waals surface area contributed by atoms with Gasteiger partial charge in [0, 0.05) is 51.1 Å². The van der Waals surface area contributed by atoms with Gasteiger partial charge in [0.05, 0.1) is 25.6 Å². The van der Waals surface area contributed by atoms with E-state index in [0.29, 0.717) is 67.8 Å². The molecule has 2 aliphatic heterocycles. The summed E-state index contributed by atoms with van der Waals surface area (Å²) in [6.45, 7) is 6.45. The molecule has 0 bridgehead atoms. The molecule has 5 rings (SSSR count). The highest BCUT2D eigenvalue weighted by molar-refractivity contribution is 5.88. The third-order valence-electron chi connectivity index (χ3n) is 6.21. The predicted octanol–water partition coefficient (Wildman–Crippen LogP) is 0.427. The molecule has 2 fully saturated rings. The van der Waals surface area contributed by atoms with Gasteiger partial charge in [-0.15, -0.1) is 0 Å². The second-order valence-corrected chi connectivity index (χ2v) is 8.60. The van der Waals surface area contributed by atoms with Crippen LogP contribution < -0.4 is 10.6 Å². The third kappa shape index (κ3) is 4.58. The van der Waals surface area contributed by atoms with E-state index in [4.69, 9.17) is 25.2 Å². The van der Waals surface area contributed by atoms with Crippen molar-refractivity contribution in [2.75, 3.05) is 50.0 Å². The smallest absolute Gasteiger partial charge is 0.303 e. The quantitative estimate of drug-likeness (QED) is 0.504. The van der Waals surface area contributed by atoms with Gasteiger partial charge in [-0.3, -0.25) is 9.59 Å². The lowest BCUT2D eigenvalue weighted by molar-refractivity contribution is -0.156. The molecule has 0 radical (unpaired) electrons. The van der Waals surface area contributed by atoms with Gasteiger partial charge in [-0.1, -0.05) is 0 Å². The van der Waals surface area contributed by atoms with Crippen LogP contribution in [0.5, 0.6) is 0 Å². The topological polar surface area (TPSA) is 154 Å². The number of anilines is 2. The van der Waals surface area contributed by atoms with Gasteiger partial charge in [-0.25, -0.2) is 19.9 Å². The number of carbonyl (C=O) groups is 2. The summed E-state index contributed by atoms with van der Waals surface area (Å²) in [5, 5.41) is 0. The number of aromatic nitrogens is 6. The molecule has 2 saturated heterocycles. The fourth-order valence-corrected chi connectivity index (χ4v) is 4.46. The van der Waals surface area contributed by atoms with Crippen LogP contribution >= 0.6 is 0 Å². The first kappa shape index (κ1) is 22.9. The van der Waals surface area contributed by atoms with E-state index >= 15 is 0 Å². The third-order valence-corrected chi connectivity index (χ3v) is 6.21. The molecular weight excluding hydrogens is 454 g/mol. The lowest BCUT2D eigenvalue weighted by Crippen LogP contribution is -2.38. The molecule has 5 heterocycles. The highest BCUT2D eigenvalue weighted by Gasteiger charge is 2.32. The van der Waals surface area contributed by atoms with Crippen LogP contribution in [-0.2, 0) is 19.1 Å². The Balaban J connectivity index is 1.50. The summed E-state index contributed by atoms with van der Waals surface area (Å²) < 4.78 is 12.5. The number of nitrogens with zero attached hydrogens (tertiary/aromatic N) is 8. The molecule has 13 heteroatoms. The van der Waals surface area contributed by atoms with Gasteiger partial charge in [0.2, 0.25) is 11.9 Å². The zero-order valence-corrected chi connectivity index (χ0v) is 19.6. The highest BCUT2D eigenvalue weighted by Crippen LogP contribution is 2.31. The predicted molar refractivity (Wildman–Crippen MR) is 125 cm³/mol. The molecule has 13 nitrogen and oxygen atoms in total. The second-order valence-electron chi connectivity index (χ2n) is 8.60. The van der Waals surface area contributed by atoms with E-state index in [1.54, 1.807) is 30.5 Å². The molecule has 3 aromatic heterocycles. The Morgan fingerprint density at radius 2 is 1.89 bits per heavy atom. The van der Waals surface area contributed by atoms with Crippen LogP contribution in [-0.4, -0.2) is 91.8 Å². The number of hydrogen-bond acceptors (Lipinski definition) is 11. The summed E-state index contributed by atoms with van der Waals surface area (Å²) in [5.74, 6) is 0.0599. The average Bonchev–Trinajstić information content (AvgIpc) is 3.51. The van der Waals surface area contributed by atoms with E-state index in [1.807, 2.05) is 4.57 Å². The molecule has 1 unspecified atom stereocenters. The number of fused-ring (bicyclic) bond motifs is 1. The van der Waals surface area contributed by atoms with Crippen molar-refractivity contribution in [2.45, 2.75) is 32.4 Å². The Bertz CT molecular complexity index is 1240. The maximum absolute atomic E-state index is 12.7. The van der Waals surface area contributed by atoms with Crippen LogP contribution in [0.4, 0.5) is 11.9 Å². The van der Waals surface area contributed by atoms with Gasteiger partial charge in [0.15, 0.2) is 11.8 Å². The number of hydrogen-bond donors (Lipinski definition) is 1. The molecule has 2 N–H and O–H groups in total. The number of imidazole rings is 1. The van der Waals surface area contributed by atoms with E-state index in [1.165, 1.54) is 6.92 Å². The summed E-state index contributed by atoms with van der Waals surface area (Å²) in [6, 6.07) is -0.0311. The van der Waals surface area contributed by atoms with E-state index in [2.05, 4.69) is 19.9 Å². The van der Waals surface area contributed by atoms with Crippen molar-refractivity contribution in [3.05, 3.63) is 18.7 Å². The summed E-state index contributed by atoms with van der Waals surface area (Å²) >= 11 is 0. The van der Waals surface area contributed by atoms with Gasteiger partial charge in [-0.05, 0) is 13.3 Å². The SMILES string of the molecule is CC(=O)O[C@@H](C)C(=O)N1CCC(n2cnc3c(-c4cnc(N)nc4)nc(N4CCOCC4)nc32)C1. The number of likely N-dealkylation sites (tertiary alicyclic amines) is 1. The summed E-state index contributed by atoms with van der Waals surface area (Å²) in [4.78, 5) is 50.3. The Hall–Kier alpha value is -3.87. The van der Waals surface area contributed by atoms with Crippen molar-refractivity contribution in [1.29, 1.82) is 0 Å². The Morgan fingerprint density at radius 3 is 2.60 bits per heavy atom. The minimum atomic E-state index is -0.821. The van der Waals surface area contributed by atoms with Crippen LogP contribution in [0, 0.1) is 0 Å². The molecule has 0 aromatic carbocycles. The van der Waals surface area contributed by atoms with Crippen LogP contribution in [0.25, 0.3) is 22.4 Å². The van der Waals surface area contributed by atoms with Gasteiger partial charge < -0.3 is 29.6 Å². The maximum atomic E-state index is 12.7. The fraction of sp³-hybridized carbons (Fsp3) is 0.500. The molecule has 184 valence electrons. The molecule has 3 aromatic rings. The molecule has 1 amide bonds. The standard InChI is InChI=1S/C22H27N9O4/c1-13(35-14(2)32)20(33)30-4-3-16(11-30)31-12-26-18-17(15-9-24-21(23)25-10-15)27-22(28-19(18)31)29-5-7-34-8-6-29/h9-10,12-13,16H,3-8,11H2,1-2H3,(H2,23,24,25)/t13-,16?/m0/s1. The molecule has 0 spiro atoms. The van der Waals surface area contributed by atoms with Gasteiger partial charge in [0.1, 0.15) is 11.2 Å². The number of nitrogen functional groups attached to an aromatic ring is 1.